The number of rotatable bonds is 10. The molecule has 2 rings (SSSR count). The number of furan rings is 1. The van der Waals surface area contributed by atoms with Gasteiger partial charge in [0.1, 0.15) is 11.3 Å². The lowest BCUT2D eigenvalue weighted by atomic mass is 9.90. The maximum Gasteiger partial charge on any atom is 0.323 e. The zero-order valence-corrected chi connectivity index (χ0v) is 12.7. The second-order valence-corrected chi connectivity index (χ2v) is 6.50. The van der Waals surface area contributed by atoms with Crippen molar-refractivity contribution < 1.29 is 14.3 Å². The lowest BCUT2D eigenvalue weighted by molar-refractivity contribution is -0.145. The van der Waals surface area contributed by atoms with Gasteiger partial charge in [-0.15, -0.1) is 0 Å². The quantitative estimate of drug-likeness (QED) is 0.649. The molecule has 1 saturated carbocycles. The molecule has 1 aromatic heterocycles. The SMILES string of the molecule is CCC(CCCSCc1ccco1)(NC1CC1)C(=O)O. The number of carbonyl (C=O) groups is 1. The molecular weight excluding hydrogens is 274 g/mol. The van der Waals surface area contributed by atoms with Crippen LogP contribution in [0.5, 0.6) is 0 Å². The van der Waals surface area contributed by atoms with Crippen molar-refractivity contribution in [2.45, 2.75) is 56.4 Å². The monoisotopic (exact) mass is 297 g/mol. The Labute approximate surface area is 124 Å². The van der Waals surface area contributed by atoms with Gasteiger partial charge in [-0.25, -0.2) is 0 Å². The van der Waals surface area contributed by atoms with Crippen molar-refractivity contribution in [3.05, 3.63) is 24.2 Å². The fraction of sp³-hybridized carbons (Fsp3) is 0.667. The molecule has 20 heavy (non-hydrogen) atoms. The fourth-order valence-electron chi connectivity index (χ4n) is 2.33. The average Bonchev–Trinajstić information content (AvgIpc) is 3.09. The van der Waals surface area contributed by atoms with E-state index in [2.05, 4.69) is 5.32 Å². The lowest BCUT2D eigenvalue weighted by Gasteiger charge is -2.29. The first-order valence-electron chi connectivity index (χ1n) is 7.27. The zero-order chi connectivity index (χ0) is 14.4. The fourth-order valence-corrected chi connectivity index (χ4v) is 3.19. The summed E-state index contributed by atoms with van der Waals surface area (Å²) in [5.74, 6) is 2.09. The number of carboxylic acid groups (broad SMARTS) is 1. The van der Waals surface area contributed by atoms with Crippen molar-refractivity contribution in [3.63, 3.8) is 0 Å². The Morgan fingerprint density at radius 3 is 2.95 bits per heavy atom. The number of nitrogens with one attached hydrogen (secondary N) is 1. The van der Waals surface area contributed by atoms with Crippen molar-refractivity contribution in [1.29, 1.82) is 0 Å². The Hall–Kier alpha value is -0.940. The van der Waals surface area contributed by atoms with Crippen LogP contribution in [-0.4, -0.2) is 28.4 Å². The molecule has 0 aliphatic heterocycles. The van der Waals surface area contributed by atoms with Crippen LogP contribution in [-0.2, 0) is 10.5 Å². The summed E-state index contributed by atoms with van der Waals surface area (Å²) in [5.41, 5.74) is -0.730. The third kappa shape index (κ3) is 4.28. The lowest BCUT2D eigenvalue weighted by Crippen LogP contribution is -2.52. The van der Waals surface area contributed by atoms with Gasteiger partial charge in [0, 0.05) is 6.04 Å². The van der Waals surface area contributed by atoms with Crippen LogP contribution in [0.3, 0.4) is 0 Å². The van der Waals surface area contributed by atoms with Crippen LogP contribution in [0.1, 0.15) is 44.8 Å². The molecule has 0 amide bonds. The molecule has 1 aliphatic rings. The molecule has 0 spiro atoms. The maximum absolute atomic E-state index is 11.6. The van der Waals surface area contributed by atoms with Gasteiger partial charge in [0.05, 0.1) is 12.0 Å². The highest BCUT2D eigenvalue weighted by Crippen LogP contribution is 2.28. The summed E-state index contributed by atoms with van der Waals surface area (Å²) in [6.45, 7) is 1.96. The van der Waals surface area contributed by atoms with E-state index in [9.17, 15) is 9.90 Å². The number of carboxylic acids is 1. The van der Waals surface area contributed by atoms with E-state index in [1.165, 1.54) is 0 Å². The average molecular weight is 297 g/mol. The molecule has 2 N–H and O–H groups in total. The molecule has 0 radical (unpaired) electrons. The Balaban J connectivity index is 1.72. The van der Waals surface area contributed by atoms with Gasteiger partial charge in [-0.05, 0) is 50.0 Å². The third-order valence-corrected chi connectivity index (χ3v) is 4.85. The van der Waals surface area contributed by atoms with E-state index in [0.717, 1.165) is 36.5 Å². The summed E-state index contributed by atoms with van der Waals surface area (Å²) < 4.78 is 5.27. The normalized spacial score (nSPS) is 17.9. The Morgan fingerprint density at radius 1 is 1.60 bits per heavy atom. The zero-order valence-electron chi connectivity index (χ0n) is 11.9. The van der Waals surface area contributed by atoms with E-state index in [0.29, 0.717) is 18.9 Å². The van der Waals surface area contributed by atoms with Gasteiger partial charge >= 0.3 is 5.97 Å². The summed E-state index contributed by atoms with van der Waals surface area (Å²) >= 11 is 1.79. The first-order valence-corrected chi connectivity index (χ1v) is 8.43. The van der Waals surface area contributed by atoms with Crippen LogP contribution in [0.4, 0.5) is 0 Å². The standard InChI is InChI=1S/C15H23NO3S/c1-2-15(14(17)18,16-12-6-7-12)8-4-10-20-11-13-5-3-9-19-13/h3,5,9,12,16H,2,4,6-8,10-11H2,1H3,(H,17,18). The molecule has 112 valence electrons. The van der Waals surface area contributed by atoms with Crippen LogP contribution in [0.2, 0.25) is 0 Å². The Morgan fingerprint density at radius 2 is 2.40 bits per heavy atom. The number of hydrogen-bond acceptors (Lipinski definition) is 4. The van der Waals surface area contributed by atoms with Gasteiger partial charge < -0.3 is 9.52 Å². The molecule has 0 saturated heterocycles. The molecule has 1 heterocycles. The second-order valence-electron chi connectivity index (χ2n) is 5.39. The number of thioether (sulfide) groups is 1. The van der Waals surface area contributed by atoms with Crippen molar-refractivity contribution in [3.8, 4) is 0 Å². The summed E-state index contributed by atoms with van der Waals surface area (Å²) in [6, 6.07) is 4.28. The molecule has 1 aliphatic carbocycles. The number of aliphatic carboxylic acids is 1. The van der Waals surface area contributed by atoms with Gasteiger partial charge in [-0.2, -0.15) is 11.8 Å². The summed E-state index contributed by atoms with van der Waals surface area (Å²) in [4.78, 5) is 11.6. The van der Waals surface area contributed by atoms with E-state index < -0.39 is 11.5 Å². The van der Waals surface area contributed by atoms with Gasteiger partial charge in [0.25, 0.3) is 0 Å². The van der Waals surface area contributed by atoms with Crippen LogP contribution in [0.15, 0.2) is 22.8 Å². The maximum atomic E-state index is 11.6. The molecule has 1 fully saturated rings. The van der Waals surface area contributed by atoms with Crippen LogP contribution >= 0.6 is 11.8 Å². The highest BCUT2D eigenvalue weighted by Gasteiger charge is 2.40. The van der Waals surface area contributed by atoms with Gasteiger partial charge in [0.2, 0.25) is 0 Å². The summed E-state index contributed by atoms with van der Waals surface area (Å²) in [7, 11) is 0. The summed E-state index contributed by atoms with van der Waals surface area (Å²) in [6.07, 6.45) is 6.15. The van der Waals surface area contributed by atoms with Crippen LogP contribution in [0, 0.1) is 0 Å². The smallest absolute Gasteiger partial charge is 0.323 e. The Kier molecular flexibility index (Phi) is 5.54. The van der Waals surface area contributed by atoms with E-state index in [1.54, 1.807) is 18.0 Å². The topological polar surface area (TPSA) is 62.5 Å². The highest BCUT2D eigenvalue weighted by molar-refractivity contribution is 7.98. The van der Waals surface area contributed by atoms with Crippen LogP contribution in [0.25, 0.3) is 0 Å². The first kappa shape index (κ1) is 15.4. The molecule has 0 bridgehead atoms. The van der Waals surface area contributed by atoms with E-state index in [-0.39, 0.29) is 0 Å². The molecular formula is C15H23NO3S. The molecule has 0 aromatic carbocycles. The minimum Gasteiger partial charge on any atom is -0.480 e. The number of hydrogen-bond donors (Lipinski definition) is 2. The molecule has 1 aromatic rings. The van der Waals surface area contributed by atoms with E-state index in [1.807, 2.05) is 19.1 Å². The van der Waals surface area contributed by atoms with Crippen molar-refractivity contribution in [1.82, 2.24) is 5.32 Å². The molecule has 5 heteroatoms. The Bertz CT molecular complexity index is 417. The second kappa shape index (κ2) is 7.18. The third-order valence-electron chi connectivity index (χ3n) is 3.79. The van der Waals surface area contributed by atoms with Gasteiger partial charge in [0.15, 0.2) is 0 Å². The predicted molar refractivity (Wildman–Crippen MR) is 80.9 cm³/mol. The van der Waals surface area contributed by atoms with Crippen LogP contribution < -0.4 is 5.32 Å². The molecule has 1 unspecified atom stereocenters. The minimum absolute atomic E-state index is 0.418. The van der Waals surface area contributed by atoms with Crippen molar-refractivity contribution in [2.75, 3.05) is 5.75 Å². The first-order chi connectivity index (χ1) is 9.66. The molecule has 4 nitrogen and oxygen atoms in total. The summed E-state index contributed by atoms with van der Waals surface area (Å²) in [5, 5.41) is 12.9. The van der Waals surface area contributed by atoms with E-state index >= 15 is 0 Å². The van der Waals surface area contributed by atoms with Crippen molar-refractivity contribution in [2.24, 2.45) is 0 Å². The molecule has 1 atom stereocenters. The van der Waals surface area contributed by atoms with Crippen molar-refractivity contribution >= 4 is 17.7 Å². The van der Waals surface area contributed by atoms with Gasteiger partial charge in [-0.1, -0.05) is 6.92 Å². The largest absolute Gasteiger partial charge is 0.480 e. The highest BCUT2D eigenvalue weighted by atomic mass is 32.2. The minimum atomic E-state index is -0.730. The van der Waals surface area contributed by atoms with E-state index in [4.69, 9.17) is 4.42 Å². The van der Waals surface area contributed by atoms with Gasteiger partial charge in [-0.3, -0.25) is 10.1 Å². The predicted octanol–water partition coefficient (Wildman–Crippen LogP) is 3.28.